The normalized spacial score (nSPS) is 10.2. The Hall–Kier alpha value is -2.95. The molecule has 0 unspecified atom stereocenters. The van der Waals surface area contributed by atoms with Gasteiger partial charge in [0.25, 0.3) is 0 Å². The average Bonchev–Trinajstić information content (AvgIpc) is 2.64. The van der Waals surface area contributed by atoms with E-state index in [2.05, 4.69) is 17.4 Å². The second kappa shape index (κ2) is 9.51. The summed E-state index contributed by atoms with van der Waals surface area (Å²) in [6.45, 7) is 3.42. The highest BCUT2D eigenvalue weighted by molar-refractivity contribution is 5.98. The van der Waals surface area contributed by atoms with Gasteiger partial charge in [0.05, 0.1) is 0 Å². The van der Waals surface area contributed by atoms with E-state index in [1.54, 1.807) is 24.3 Å². The number of benzene rings is 2. The zero-order valence-electron chi connectivity index (χ0n) is 15.2. The first kappa shape index (κ1) is 19.4. The summed E-state index contributed by atoms with van der Waals surface area (Å²) in [6.07, 6.45) is 1.73. The second-order valence-electron chi connectivity index (χ2n) is 6.15. The Labute approximate surface area is 154 Å². The Morgan fingerprint density at radius 1 is 0.923 bits per heavy atom. The van der Waals surface area contributed by atoms with Crippen LogP contribution >= 0.6 is 0 Å². The highest BCUT2D eigenvalue weighted by Gasteiger charge is 2.15. The van der Waals surface area contributed by atoms with E-state index >= 15 is 0 Å². The Morgan fingerprint density at radius 3 is 2.15 bits per heavy atom. The third-order valence-corrected chi connectivity index (χ3v) is 4.07. The van der Waals surface area contributed by atoms with Crippen molar-refractivity contribution in [1.82, 2.24) is 5.32 Å². The lowest BCUT2D eigenvalue weighted by atomic mass is 10.1. The molecule has 0 spiro atoms. The van der Waals surface area contributed by atoms with Crippen LogP contribution in [0.5, 0.6) is 0 Å². The van der Waals surface area contributed by atoms with Gasteiger partial charge in [-0.15, -0.1) is 0 Å². The van der Waals surface area contributed by atoms with Crippen molar-refractivity contribution in [3.05, 3.63) is 65.7 Å². The van der Waals surface area contributed by atoms with E-state index in [4.69, 9.17) is 0 Å². The number of carbonyl (C=O) groups is 3. The Morgan fingerprint density at radius 2 is 1.58 bits per heavy atom. The smallest absolute Gasteiger partial charge is 0.240 e. The fraction of sp³-hybridized carbons (Fsp3) is 0.286. The van der Waals surface area contributed by atoms with Crippen molar-refractivity contribution >= 4 is 23.3 Å². The number of nitrogens with zero attached hydrogens (tertiary/aromatic N) is 1. The predicted octanol–water partition coefficient (Wildman–Crippen LogP) is 2.99. The van der Waals surface area contributed by atoms with Crippen LogP contribution in [0.4, 0.5) is 5.69 Å². The minimum absolute atomic E-state index is 0.0397. The van der Waals surface area contributed by atoms with Crippen molar-refractivity contribution in [3.8, 4) is 0 Å². The van der Waals surface area contributed by atoms with Crippen LogP contribution in [-0.2, 0) is 16.0 Å². The number of amides is 2. The largest absolute Gasteiger partial charge is 0.355 e. The van der Waals surface area contributed by atoms with Crippen LogP contribution in [0.1, 0.15) is 36.2 Å². The second-order valence-corrected chi connectivity index (χ2v) is 6.15. The van der Waals surface area contributed by atoms with Crippen LogP contribution in [0.15, 0.2) is 54.6 Å². The Kier molecular flexibility index (Phi) is 7.09. The van der Waals surface area contributed by atoms with Gasteiger partial charge in [0.15, 0.2) is 5.78 Å². The molecule has 5 heteroatoms. The standard InChI is InChI=1S/C21H24N2O3/c1-16(24)19-10-12-20(13-11-19)23(17(2)25)15-21(26)22-14-6-9-18-7-4-3-5-8-18/h3-5,7-8,10-13H,6,9,14-15H2,1-2H3,(H,22,26). The molecule has 0 saturated heterocycles. The molecule has 0 radical (unpaired) electrons. The third-order valence-electron chi connectivity index (χ3n) is 4.07. The molecule has 1 N–H and O–H groups in total. The van der Waals surface area contributed by atoms with Crippen molar-refractivity contribution in [2.75, 3.05) is 18.0 Å². The van der Waals surface area contributed by atoms with Gasteiger partial charge in [-0.05, 0) is 49.6 Å². The lowest BCUT2D eigenvalue weighted by molar-refractivity contribution is -0.123. The van der Waals surface area contributed by atoms with Gasteiger partial charge >= 0.3 is 0 Å². The molecule has 2 aromatic carbocycles. The van der Waals surface area contributed by atoms with Crippen LogP contribution in [0.25, 0.3) is 0 Å². The fourth-order valence-corrected chi connectivity index (χ4v) is 2.63. The highest BCUT2D eigenvalue weighted by Crippen LogP contribution is 2.16. The van der Waals surface area contributed by atoms with E-state index in [-0.39, 0.29) is 24.1 Å². The number of aryl methyl sites for hydroxylation is 1. The first-order chi connectivity index (χ1) is 12.5. The molecule has 0 aliphatic heterocycles. The van der Waals surface area contributed by atoms with E-state index in [0.717, 1.165) is 12.8 Å². The minimum atomic E-state index is -0.222. The van der Waals surface area contributed by atoms with Crippen LogP contribution in [0.2, 0.25) is 0 Å². The maximum Gasteiger partial charge on any atom is 0.240 e. The van der Waals surface area contributed by atoms with Gasteiger partial charge in [0.1, 0.15) is 6.54 Å². The van der Waals surface area contributed by atoms with E-state index in [9.17, 15) is 14.4 Å². The lowest BCUT2D eigenvalue weighted by Crippen LogP contribution is -2.40. The van der Waals surface area contributed by atoms with Gasteiger partial charge in [-0.2, -0.15) is 0 Å². The zero-order valence-corrected chi connectivity index (χ0v) is 15.2. The van der Waals surface area contributed by atoms with E-state index in [1.807, 2.05) is 18.2 Å². The summed E-state index contributed by atoms with van der Waals surface area (Å²) in [5.41, 5.74) is 2.40. The summed E-state index contributed by atoms with van der Waals surface area (Å²) in [4.78, 5) is 36.8. The monoisotopic (exact) mass is 352 g/mol. The summed E-state index contributed by atoms with van der Waals surface area (Å²) < 4.78 is 0. The molecular weight excluding hydrogens is 328 g/mol. The number of ketones is 1. The summed E-state index contributed by atoms with van der Waals surface area (Å²) >= 11 is 0. The van der Waals surface area contributed by atoms with Gasteiger partial charge in [-0.1, -0.05) is 30.3 Å². The Balaban J connectivity index is 1.85. The Bertz CT molecular complexity index is 755. The number of carbonyl (C=O) groups excluding carboxylic acids is 3. The maximum atomic E-state index is 12.2. The number of hydrogen-bond donors (Lipinski definition) is 1. The van der Waals surface area contributed by atoms with Crippen LogP contribution in [-0.4, -0.2) is 30.7 Å². The van der Waals surface area contributed by atoms with Gasteiger partial charge in [-0.3, -0.25) is 14.4 Å². The van der Waals surface area contributed by atoms with Gasteiger partial charge in [-0.25, -0.2) is 0 Å². The van der Waals surface area contributed by atoms with E-state index in [1.165, 1.54) is 24.3 Å². The maximum absolute atomic E-state index is 12.2. The van der Waals surface area contributed by atoms with Gasteiger partial charge in [0, 0.05) is 24.7 Å². The van der Waals surface area contributed by atoms with Crippen molar-refractivity contribution in [2.24, 2.45) is 0 Å². The first-order valence-corrected chi connectivity index (χ1v) is 8.67. The van der Waals surface area contributed by atoms with Crippen LogP contribution in [0, 0.1) is 0 Å². The van der Waals surface area contributed by atoms with Crippen molar-refractivity contribution in [1.29, 1.82) is 0 Å². The summed E-state index contributed by atoms with van der Waals surface area (Å²) in [6, 6.07) is 16.8. The SMILES string of the molecule is CC(=O)c1ccc(N(CC(=O)NCCCc2ccccc2)C(C)=O)cc1. The molecule has 0 aliphatic carbocycles. The third kappa shape index (κ3) is 5.84. The number of Topliss-reactive ketones (excluding diaryl/α,β-unsaturated/α-hetero) is 1. The molecule has 2 rings (SSSR count). The summed E-state index contributed by atoms with van der Waals surface area (Å²) in [5.74, 6) is -0.467. The predicted molar refractivity (Wildman–Crippen MR) is 102 cm³/mol. The molecule has 2 aromatic rings. The molecule has 0 bridgehead atoms. The molecule has 0 heterocycles. The van der Waals surface area contributed by atoms with Crippen LogP contribution in [0.3, 0.4) is 0 Å². The quantitative estimate of drug-likeness (QED) is 0.587. The van der Waals surface area contributed by atoms with Gasteiger partial charge in [0.2, 0.25) is 11.8 Å². The number of rotatable bonds is 8. The molecule has 0 saturated carbocycles. The molecule has 26 heavy (non-hydrogen) atoms. The summed E-state index contributed by atoms with van der Waals surface area (Å²) in [7, 11) is 0. The van der Waals surface area contributed by atoms with Crippen molar-refractivity contribution < 1.29 is 14.4 Å². The molecule has 0 aromatic heterocycles. The molecule has 0 fully saturated rings. The molecular formula is C21H24N2O3. The molecule has 2 amide bonds. The van der Waals surface area contributed by atoms with Gasteiger partial charge < -0.3 is 10.2 Å². The number of anilines is 1. The van der Waals surface area contributed by atoms with E-state index in [0.29, 0.717) is 17.8 Å². The zero-order chi connectivity index (χ0) is 18.9. The topological polar surface area (TPSA) is 66.5 Å². The average molecular weight is 352 g/mol. The van der Waals surface area contributed by atoms with Crippen molar-refractivity contribution in [2.45, 2.75) is 26.7 Å². The molecule has 0 atom stereocenters. The fourth-order valence-electron chi connectivity index (χ4n) is 2.63. The molecule has 0 aliphatic rings. The number of hydrogen-bond acceptors (Lipinski definition) is 3. The molecule has 136 valence electrons. The minimum Gasteiger partial charge on any atom is -0.355 e. The lowest BCUT2D eigenvalue weighted by Gasteiger charge is -2.21. The molecule has 5 nitrogen and oxygen atoms in total. The van der Waals surface area contributed by atoms with Crippen LogP contribution < -0.4 is 10.2 Å². The first-order valence-electron chi connectivity index (χ1n) is 8.67. The van der Waals surface area contributed by atoms with E-state index < -0.39 is 0 Å². The summed E-state index contributed by atoms with van der Waals surface area (Å²) in [5, 5.41) is 2.85. The van der Waals surface area contributed by atoms with Crippen molar-refractivity contribution in [3.63, 3.8) is 0 Å². The number of nitrogens with one attached hydrogen (secondary N) is 1. The highest BCUT2D eigenvalue weighted by atomic mass is 16.2.